The number of aliphatic carboxylic acids is 1. The maximum absolute atomic E-state index is 13.5. The molecule has 7 heteroatoms. The van der Waals surface area contributed by atoms with Gasteiger partial charge in [-0.15, -0.1) is 0 Å². The molecule has 1 heterocycles. The Morgan fingerprint density at radius 2 is 2.10 bits per heavy atom. The highest BCUT2D eigenvalue weighted by molar-refractivity contribution is 6.02. The molecular formula is C14H10FN3O3. The predicted molar refractivity (Wildman–Crippen MR) is 73.1 cm³/mol. The van der Waals surface area contributed by atoms with Gasteiger partial charge in [-0.25, -0.2) is 14.2 Å². The standard InChI is InChI=1S/C14H10FN3O3/c15-11-3-2-10(7-9(11)1-4-13(19)20)18-14(21)12-8-16-5-6-17-12/h1-8H,(H,18,21)(H,19,20)/b4-1+. The number of carboxylic acids is 1. The Morgan fingerprint density at radius 3 is 2.76 bits per heavy atom. The summed E-state index contributed by atoms with van der Waals surface area (Å²) < 4.78 is 13.5. The van der Waals surface area contributed by atoms with E-state index in [1.54, 1.807) is 0 Å². The third-order valence-corrected chi connectivity index (χ3v) is 2.46. The topological polar surface area (TPSA) is 92.2 Å². The summed E-state index contributed by atoms with van der Waals surface area (Å²) in [5.41, 5.74) is 0.482. The molecule has 2 N–H and O–H groups in total. The molecule has 0 fully saturated rings. The van der Waals surface area contributed by atoms with Gasteiger partial charge in [0.15, 0.2) is 0 Å². The zero-order chi connectivity index (χ0) is 15.2. The van der Waals surface area contributed by atoms with Crippen LogP contribution in [0.25, 0.3) is 6.08 Å². The number of carboxylic acid groups (broad SMARTS) is 1. The monoisotopic (exact) mass is 287 g/mol. The first kappa shape index (κ1) is 14.3. The Hall–Kier alpha value is -3.09. The molecule has 2 aromatic rings. The van der Waals surface area contributed by atoms with E-state index in [0.717, 1.165) is 18.2 Å². The number of nitrogens with one attached hydrogen (secondary N) is 1. The molecule has 21 heavy (non-hydrogen) atoms. The average molecular weight is 287 g/mol. The van der Waals surface area contributed by atoms with Gasteiger partial charge in [-0.1, -0.05) is 0 Å². The van der Waals surface area contributed by atoms with Gasteiger partial charge in [-0.2, -0.15) is 0 Å². The molecule has 0 aliphatic heterocycles. The summed E-state index contributed by atoms with van der Waals surface area (Å²) in [7, 11) is 0. The maximum Gasteiger partial charge on any atom is 0.328 e. The number of aromatic nitrogens is 2. The van der Waals surface area contributed by atoms with Crippen molar-refractivity contribution in [2.45, 2.75) is 0 Å². The lowest BCUT2D eigenvalue weighted by molar-refractivity contribution is -0.131. The molecular weight excluding hydrogens is 277 g/mol. The molecule has 0 saturated carbocycles. The van der Waals surface area contributed by atoms with Crippen molar-refractivity contribution in [3.8, 4) is 0 Å². The van der Waals surface area contributed by atoms with E-state index >= 15 is 0 Å². The second-order valence-electron chi connectivity index (χ2n) is 3.95. The second-order valence-corrected chi connectivity index (χ2v) is 3.95. The van der Waals surface area contributed by atoms with E-state index in [9.17, 15) is 14.0 Å². The SMILES string of the molecule is O=C(O)/C=C/c1cc(NC(=O)c2cnccn2)ccc1F. The summed E-state index contributed by atoms with van der Waals surface area (Å²) in [6.07, 6.45) is 6.02. The van der Waals surface area contributed by atoms with E-state index in [1.165, 1.54) is 30.7 Å². The van der Waals surface area contributed by atoms with Crippen molar-refractivity contribution in [2.75, 3.05) is 5.32 Å². The molecule has 106 valence electrons. The van der Waals surface area contributed by atoms with Crippen molar-refractivity contribution < 1.29 is 19.1 Å². The second kappa shape index (κ2) is 6.38. The number of hydrogen-bond acceptors (Lipinski definition) is 4. The Morgan fingerprint density at radius 1 is 1.29 bits per heavy atom. The van der Waals surface area contributed by atoms with Crippen molar-refractivity contribution in [2.24, 2.45) is 0 Å². The highest BCUT2D eigenvalue weighted by atomic mass is 19.1. The fourth-order valence-corrected chi connectivity index (χ4v) is 1.52. The molecule has 2 rings (SSSR count). The van der Waals surface area contributed by atoms with Crippen LogP contribution >= 0.6 is 0 Å². The smallest absolute Gasteiger partial charge is 0.328 e. The predicted octanol–water partition coefficient (Wildman–Crippen LogP) is 1.97. The zero-order valence-electron chi connectivity index (χ0n) is 10.7. The van der Waals surface area contributed by atoms with Crippen LogP contribution in [0.2, 0.25) is 0 Å². The largest absolute Gasteiger partial charge is 0.478 e. The van der Waals surface area contributed by atoms with Crippen LogP contribution in [0.1, 0.15) is 16.1 Å². The van der Waals surface area contributed by atoms with Crippen LogP contribution in [0, 0.1) is 5.82 Å². The molecule has 0 radical (unpaired) electrons. The minimum absolute atomic E-state index is 0.0503. The molecule has 1 amide bonds. The number of rotatable bonds is 4. The number of halogens is 1. The highest BCUT2D eigenvalue weighted by Gasteiger charge is 2.08. The molecule has 0 saturated heterocycles. The first-order chi connectivity index (χ1) is 10.1. The van der Waals surface area contributed by atoms with E-state index in [4.69, 9.17) is 5.11 Å². The van der Waals surface area contributed by atoms with Crippen molar-refractivity contribution in [1.29, 1.82) is 0 Å². The van der Waals surface area contributed by atoms with Crippen LogP contribution in [0.5, 0.6) is 0 Å². The van der Waals surface area contributed by atoms with E-state index in [1.807, 2.05) is 0 Å². The van der Waals surface area contributed by atoms with E-state index in [2.05, 4.69) is 15.3 Å². The molecule has 0 unspecified atom stereocenters. The quantitative estimate of drug-likeness (QED) is 0.839. The van der Waals surface area contributed by atoms with Crippen molar-refractivity contribution in [3.63, 3.8) is 0 Å². The molecule has 0 spiro atoms. The van der Waals surface area contributed by atoms with Gasteiger partial charge in [0.1, 0.15) is 11.5 Å². The summed E-state index contributed by atoms with van der Waals surface area (Å²) in [5, 5.41) is 11.1. The maximum atomic E-state index is 13.5. The number of hydrogen-bond donors (Lipinski definition) is 2. The number of amides is 1. The van der Waals surface area contributed by atoms with E-state index < -0.39 is 17.7 Å². The molecule has 6 nitrogen and oxygen atoms in total. The average Bonchev–Trinajstić information content (AvgIpc) is 2.48. The number of nitrogens with zero attached hydrogens (tertiary/aromatic N) is 2. The van der Waals surface area contributed by atoms with Gasteiger partial charge in [0.05, 0.1) is 6.20 Å². The van der Waals surface area contributed by atoms with Gasteiger partial charge in [-0.3, -0.25) is 9.78 Å². The first-order valence-electron chi connectivity index (χ1n) is 5.84. The summed E-state index contributed by atoms with van der Waals surface area (Å²) >= 11 is 0. The summed E-state index contributed by atoms with van der Waals surface area (Å²) in [4.78, 5) is 29.9. The number of carbonyl (C=O) groups is 2. The Labute approximate surface area is 119 Å². The third kappa shape index (κ3) is 3.93. The Bertz CT molecular complexity index is 702. The lowest BCUT2D eigenvalue weighted by atomic mass is 10.1. The Balaban J connectivity index is 2.19. The summed E-state index contributed by atoms with van der Waals surface area (Å²) in [6, 6.07) is 3.82. The molecule has 1 aromatic carbocycles. The summed E-state index contributed by atoms with van der Waals surface area (Å²) in [6.45, 7) is 0. The van der Waals surface area contributed by atoms with E-state index in [0.29, 0.717) is 5.69 Å². The van der Waals surface area contributed by atoms with Gasteiger partial charge in [-0.05, 0) is 24.3 Å². The third-order valence-electron chi connectivity index (χ3n) is 2.46. The minimum Gasteiger partial charge on any atom is -0.478 e. The lowest BCUT2D eigenvalue weighted by Gasteiger charge is -2.06. The zero-order valence-corrected chi connectivity index (χ0v) is 10.7. The van der Waals surface area contributed by atoms with Crippen molar-refractivity contribution in [3.05, 3.63) is 59.9 Å². The van der Waals surface area contributed by atoms with Crippen LogP contribution in [0.4, 0.5) is 10.1 Å². The fraction of sp³-hybridized carbons (Fsp3) is 0. The van der Waals surface area contributed by atoms with Gasteiger partial charge >= 0.3 is 5.97 Å². The van der Waals surface area contributed by atoms with Crippen molar-refractivity contribution in [1.82, 2.24) is 9.97 Å². The summed E-state index contributed by atoms with van der Waals surface area (Å²) in [5.74, 6) is -2.28. The molecule has 0 atom stereocenters. The van der Waals surface area contributed by atoms with Gasteiger partial charge in [0.2, 0.25) is 0 Å². The number of carbonyl (C=O) groups excluding carboxylic acids is 1. The molecule has 1 aromatic heterocycles. The minimum atomic E-state index is -1.19. The van der Waals surface area contributed by atoms with Crippen LogP contribution in [0.15, 0.2) is 42.9 Å². The van der Waals surface area contributed by atoms with Crippen LogP contribution in [-0.2, 0) is 4.79 Å². The van der Waals surface area contributed by atoms with Crippen LogP contribution in [-0.4, -0.2) is 27.0 Å². The lowest BCUT2D eigenvalue weighted by Crippen LogP contribution is -2.13. The van der Waals surface area contributed by atoms with Gasteiger partial charge < -0.3 is 10.4 Å². The molecule has 0 aliphatic rings. The number of anilines is 1. The molecule has 0 bridgehead atoms. The van der Waals surface area contributed by atoms with Crippen LogP contribution in [0.3, 0.4) is 0 Å². The number of benzene rings is 1. The van der Waals surface area contributed by atoms with Gasteiger partial charge in [0.25, 0.3) is 5.91 Å². The fourth-order valence-electron chi connectivity index (χ4n) is 1.52. The van der Waals surface area contributed by atoms with Crippen molar-refractivity contribution >= 4 is 23.6 Å². The van der Waals surface area contributed by atoms with Crippen LogP contribution < -0.4 is 5.32 Å². The Kier molecular flexibility index (Phi) is 4.35. The highest BCUT2D eigenvalue weighted by Crippen LogP contribution is 2.16. The normalized spacial score (nSPS) is 10.5. The first-order valence-corrected chi connectivity index (χ1v) is 5.84. The van der Waals surface area contributed by atoms with E-state index in [-0.39, 0.29) is 11.3 Å². The van der Waals surface area contributed by atoms with Gasteiger partial charge in [0, 0.05) is 29.7 Å². The molecule has 0 aliphatic carbocycles.